The normalized spacial score (nSPS) is 20.6. The molecule has 0 spiro atoms. The smallest absolute Gasteiger partial charge is 0.322 e. The predicted octanol–water partition coefficient (Wildman–Crippen LogP) is 2.93. The van der Waals surface area contributed by atoms with Gasteiger partial charge in [0.2, 0.25) is 5.88 Å². The summed E-state index contributed by atoms with van der Waals surface area (Å²) in [6, 6.07) is 9.40. The van der Waals surface area contributed by atoms with Gasteiger partial charge in [-0.2, -0.15) is 0 Å². The van der Waals surface area contributed by atoms with Crippen molar-refractivity contribution in [2.24, 2.45) is 0 Å². The van der Waals surface area contributed by atoms with E-state index in [1.54, 1.807) is 0 Å². The summed E-state index contributed by atoms with van der Waals surface area (Å²) in [7, 11) is 0. The van der Waals surface area contributed by atoms with E-state index in [1.165, 1.54) is 0 Å². The number of amides is 3. The molecule has 1 aromatic carbocycles. The minimum Gasteiger partial charge on any atom is -0.479 e. The maximum Gasteiger partial charge on any atom is 0.322 e. The van der Waals surface area contributed by atoms with Crippen LogP contribution >= 0.6 is 0 Å². The highest BCUT2D eigenvalue weighted by Gasteiger charge is 2.35. The fourth-order valence-electron chi connectivity index (χ4n) is 3.90. The maximum atomic E-state index is 12.7. The first kappa shape index (κ1) is 19.9. The van der Waals surface area contributed by atoms with E-state index in [9.17, 15) is 9.59 Å². The van der Waals surface area contributed by atoms with E-state index in [0.717, 1.165) is 56.7 Å². The average molecular weight is 384 g/mol. The molecule has 150 valence electrons. The third-order valence-corrected chi connectivity index (χ3v) is 5.35. The molecule has 0 atom stereocenters. The van der Waals surface area contributed by atoms with E-state index in [2.05, 4.69) is 16.0 Å². The van der Waals surface area contributed by atoms with Crippen LogP contribution < -0.4 is 16.0 Å². The molecule has 7 nitrogen and oxygen atoms in total. The number of carbonyl (C=O) groups excluding carboxylic acids is 2. The zero-order valence-electron chi connectivity index (χ0n) is 16.1. The number of carbonyl (C=O) groups is 2. The number of hydrogen-bond donors (Lipinski definition) is 4. The van der Waals surface area contributed by atoms with Crippen molar-refractivity contribution in [1.82, 2.24) is 16.0 Å². The lowest BCUT2D eigenvalue weighted by molar-refractivity contribution is -0.116. The minimum absolute atomic E-state index is 0.0180. The summed E-state index contributed by atoms with van der Waals surface area (Å²) in [6.45, 7) is 1.15. The molecule has 0 aromatic heterocycles. The first-order valence-corrected chi connectivity index (χ1v) is 9.95. The molecule has 4 N–H and O–H groups in total. The van der Waals surface area contributed by atoms with Crippen LogP contribution in [0.4, 0.5) is 4.79 Å². The van der Waals surface area contributed by atoms with Gasteiger partial charge < -0.3 is 20.8 Å². The summed E-state index contributed by atoms with van der Waals surface area (Å²) in [5, 5.41) is 15.9. The molecule has 3 amide bonds. The van der Waals surface area contributed by atoms with Gasteiger partial charge in [-0.3, -0.25) is 10.1 Å². The number of rotatable bonds is 4. The van der Waals surface area contributed by atoms with Crippen molar-refractivity contribution >= 4 is 18.2 Å². The van der Waals surface area contributed by atoms with E-state index in [4.69, 9.17) is 10.1 Å². The number of hydrogen-bond acceptors (Lipinski definition) is 5. The van der Waals surface area contributed by atoms with E-state index >= 15 is 0 Å². The third-order valence-electron chi connectivity index (χ3n) is 5.35. The lowest BCUT2D eigenvalue weighted by atomic mass is 9.83. The fraction of sp³-hybridized carbons (Fsp3) is 0.476. The van der Waals surface area contributed by atoms with Gasteiger partial charge in [0.05, 0.1) is 12.1 Å². The summed E-state index contributed by atoms with van der Waals surface area (Å²) < 4.78 is 5.41. The Morgan fingerprint density at radius 1 is 1.07 bits per heavy atom. The number of imide groups is 1. The highest BCUT2D eigenvalue weighted by Crippen LogP contribution is 2.35. The van der Waals surface area contributed by atoms with Crippen molar-refractivity contribution in [1.29, 1.82) is 5.41 Å². The molecule has 2 aliphatic rings. The molecule has 7 heteroatoms. The Bertz CT molecular complexity index is 729. The van der Waals surface area contributed by atoms with Crippen molar-refractivity contribution < 1.29 is 14.3 Å². The Morgan fingerprint density at radius 3 is 2.39 bits per heavy atom. The highest BCUT2D eigenvalue weighted by atomic mass is 16.5. The molecule has 1 saturated carbocycles. The van der Waals surface area contributed by atoms with Crippen LogP contribution in [-0.4, -0.2) is 31.3 Å². The van der Waals surface area contributed by atoms with Crippen LogP contribution in [0.1, 0.15) is 50.5 Å². The van der Waals surface area contributed by atoms with Crippen LogP contribution in [0.3, 0.4) is 0 Å². The molecule has 1 aliphatic heterocycles. The monoisotopic (exact) mass is 384 g/mol. The van der Waals surface area contributed by atoms with Crippen LogP contribution in [0.25, 0.3) is 0 Å². The second-order valence-electron chi connectivity index (χ2n) is 7.29. The number of nitrogens with one attached hydrogen (secondary N) is 4. The Labute approximate surface area is 165 Å². The minimum atomic E-state index is -0.645. The van der Waals surface area contributed by atoms with Crippen molar-refractivity contribution in [2.45, 2.75) is 50.5 Å². The molecule has 0 radical (unpaired) electrons. The highest BCUT2D eigenvalue weighted by molar-refractivity contribution is 6.16. The van der Waals surface area contributed by atoms with Gasteiger partial charge in [-0.25, -0.2) is 4.79 Å². The largest absolute Gasteiger partial charge is 0.479 e. The van der Waals surface area contributed by atoms with Gasteiger partial charge in [0, 0.05) is 12.8 Å². The maximum absolute atomic E-state index is 12.7. The third kappa shape index (κ3) is 4.71. The van der Waals surface area contributed by atoms with Crippen LogP contribution in [0.15, 0.2) is 41.8 Å². The Hall–Kier alpha value is -2.83. The van der Waals surface area contributed by atoms with Crippen LogP contribution in [0.2, 0.25) is 0 Å². The molecule has 2 fully saturated rings. The second kappa shape index (κ2) is 9.39. The summed E-state index contributed by atoms with van der Waals surface area (Å²) in [6.07, 6.45) is 7.75. The van der Waals surface area contributed by atoms with Crippen molar-refractivity contribution in [3.8, 4) is 0 Å². The Kier molecular flexibility index (Phi) is 6.68. The molecule has 1 heterocycles. The fourth-order valence-corrected chi connectivity index (χ4v) is 3.90. The molecule has 28 heavy (non-hydrogen) atoms. The summed E-state index contributed by atoms with van der Waals surface area (Å²) in [5.74, 6) is -0.396. The standard InChI is InChI=1S/C21H28N4O3/c22-15-17(19-23-13-8-14-28-19)18(26)24-20(27)25-21(11-6-1-2-7-12-21)16-9-4-3-5-10-16/h3-5,9-10,15,22-23H,1-2,6-8,11-14H2,(H2,24,25,26,27)/b19-17-,22-15?. The topological polar surface area (TPSA) is 103 Å². The molecule has 0 unspecified atom stereocenters. The van der Waals surface area contributed by atoms with E-state index in [1.807, 2.05) is 30.3 Å². The molecule has 3 rings (SSSR count). The van der Waals surface area contributed by atoms with Gasteiger partial charge in [0.25, 0.3) is 5.91 Å². The molecule has 0 bridgehead atoms. The van der Waals surface area contributed by atoms with Gasteiger partial charge in [0.1, 0.15) is 5.57 Å². The van der Waals surface area contributed by atoms with Gasteiger partial charge in [-0.1, -0.05) is 56.0 Å². The van der Waals surface area contributed by atoms with Gasteiger partial charge in [0.15, 0.2) is 0 Å². The average Bonchev–Trinajstić information content (AvgIpc) is 2.96. The molecular weight excluding hydrogens is 356 g/mol. The van der Waals surface area contributed by atoms with Gasteiger partial charge in [-0.05, 0) is 24.8 Å². The molecule has 1 aliphatic carbocycles. The second-order valence-corrected chi connectivity index (χ2v) is 7.29. The van der Waals surface area contributed by atoms with E-state index in [-0.39, 0.29) is 11.5 Å². The first-order valence-electron chi connectivity index (χ1n) is 9.95. The first-order chi connectivity index (χ1) is 13.6. The summed E-state index contributed by atoms with van der Waals surface area (Å²) in [4.78, 5) is 25.2. The number of urea groups is 1. The van der Waals surface area contributed by atoms with Crippen molar-refractivity contribution in [2.75, 3.05) is 13.2 Å². The summed E-state index contributed by atoms with van der Waals surface area (Å²) >= 11 is 0. The van der Waals surface area contributed by atoms with Crippen LogP contribution in [0.5, 0.6) is 0 Å². The van der Waals surface area contributed by atoms with Crippen molar-refractivity contribution in [3.05, 3.63) is 47.4 Å². The lowest BCUT2D eigenvalue weighted by Crippen LogP contribution is -2.51. The van der Waals surface area contributed by atoms with E-state index in [0.29, 0.717) is 13.2 Å². The van der Waals surface area contributed by atoms with Crippen LogP contribution in [-0.2, 0) is 15.1 Å². The zero-order valence-corrected chi connectivity index (χ0v) is 16.1. The summed E-state index contributed by atoms with van der Waals surface area (Å²) in [5.41, 5.74) is 0.589. The molecule has 1 saturated heterocycles. The number of benzene rings is 1. The Morgan fingerprint density at radius 2 is 1.79 bits per heavy atom. The lowest BCUT2D eigenvalue weighted by Gasteiger charge is -2.34. The zero-order chi connectivity index (χ0) is 19.8. The van der Waals surface area contributed by atoms with E-state index < -0.39 is 17.5 Å². The predicted molar refractivity (Wildman–Crippen MR) is 107 cm³/mol. The number of ether oxygens (including phenoxy) is 1. The molecular formula is C21H28N4O3. The molecule has 1 aromatic rings. The SMILES string of the molecule is N=C/C(C(=O)NC(=O)NC1(c2ccccc2)CCCCCC1)=C1\NCCCO1. The van der Waals surface area contributed by atoms with Gasteiger partial charge in [-0.15, -0.1) is 0 Å². The van der Waals surface area contributed by atoms with Crippen LogP contribution in [0, 0.1) is 5.41 Å². The van der Waals surface area contributed by atoms with Crippen molar-refractivity contribution in [3.63, 3.8) is 0 Å². The quantitative estimate of drug-likeness (QED) is 0.364. The Balaban J connectivity index is 1.75. The van der Waals surface area contributed by atoms with Gasteiger partial charge >= 0.3 is 6.03 Å².